The second-order valence-corrected chi connectivity index (χ2v) is 17.8. The zero-order valence-electron chi connectivity index (χ0n) is 36.7. The average Bonchev–Trinajstić information content (AvgIpc) is 3.18. The van der Waals surface area contributed by atoms with Crippen LogP contribution in [0.15, 0.2) is 41.3 Å². The summed E-state index contributed by atoms with van der Waals surface area (Å²) in [7, 11) is 0. The summed E-state index contributed by atoms with van der Waals surface area (Å²) in [5.74, 6) is 0.718. The van der Waals surface area contributed by atoms with E-state index in [1.165, 1.54) is 228 Å². The molecule has 0 saturated heterocycles. The van der Waals surface area contributed by atoms with Gasteiger partial charge in [-0.25, -0.2) is 4.79 Å². The summed E-state index contributed by atoms with van der Waals surface area (Å²) in [6.07, 6.45) is 46.1. The lowest BCUT2D eigenvalue weighted by atomic mass is 9.98. The molecule has 0 atom stereocenters. The van der Waals surface area contributed by atoms with E-state index in [1.54, 1.807) is 0 Å². The van der Waals surface area contributed by atoms with E-state index in [4.69, 9.17) is 4.74 Å². The summed E-state index contributed by atoms with van der Waals surface area (Å²) in [5.41, 5.74) is 4.95. The first-order valence-electron chi connectivity index (χ1n) is 23.9. The van der Waals surface area contributed by atoms with Gasteiger partial charge in [0.2, 0.25) is 0 Å². The number of nitrogens with one attached hydrogen (secondary N) is 1. The van der Waals surface area contributed by atoms with E-state index >= 15 is 0 Å². The summed E-state index contributed by atoms with van der Waals surface area (Å²) < 4.78 is 8.84. The molecule has 3 nitrogen and oxygen atoms in total. The van der Waals surface area contributed by atoms with E-state index < -0.39 is 6.09 Å². The first kappa shape index (κ1) is 49.2. The molecule has 55 heavy (non-hydrogen) atoms. The third-order valence-corrected chi connectivity index (χ3v) is 12.5. The first-order chi connectivity index (χ1) is 27.0. The molecule has 1 N–H and O–H groups in total. The fourth-order valence-electron chi connectivity index (χ4n) is 7.96. The molecular formula is C51H87NO2S. The van der Waals surface area contributed by atoms with Crippen LogP contribution in [-0.4, -0.2) is 6.09 Å². The molecule has 0 heterocycles. The van der Waals surface area contributed by atoms with Gasteiger partial charge in [-0.05, 0) is 80.3 Å². The van der Waals surface area contributed by atoms with Crippen molar-refractivity contribution >= 4 is 18.0 Å². The number of hydrogen-bond donors (Lipinski definition) is 1. The van der Waals surface area contributed by atoms with Crippen LogP contribution in [0.1, 0.15) is 242 Å². The predicted molar refractivity (Wildman–Crippen MR) is 244 cm³/mol. The van der Waals surface area contributed by atoms with E-state index in [1.807, 2.05) is 6.07 Å². The monoisotopic (exact) mass is 778 g/mol. The molecule has 0 aliphatic rings. The molecule has 0 aliphatic carbocycles. The molecule has 0 fully saturated rings. The molecule has 4 heteroatoms. The molecule has 314 valence electrons. The van der Waals surface area contributed by atoms with Crippen molar-refractivity contribution < 1.29 is 9.53 Å². The van der Waals surface area contributed by atoms with Crippen LogP contribution >= 0.6 is 11.9 Å². The highest BCUT2D eigenvalue weighted by Crippen LogP contribution is 2.26. The highest BCUT2D eigenvalue weighted by Gasteiger charge is 2.12. The van der Waals surface area contributed by atoms with Gasteiger partial charge in [-0.1, -0.05) is 236 Å². The number of hydrogen-bond acceptors (Lipinski definition) is 3. The van der Waals surface area contributed by atoms with Crippen molar-refractivity contribution in [3.8, 4) is 5.75 Å². The maximum atomic E-state index is 12.9. The van der Waals surface area contributed by atoms with Gasteiger partial charge in [-0.3, -0.25) is 4.72 Å². The van der Waals surface area contributed by atoms with Crippen LogP contribution in [0.4, 0.5) is 4.79 Å². The summed E-state index contributed by atoms with van der Waals surface area (Å²) in [5, 5.41) is 0. The standard InChI is InChI=1S/C51H87NO2S/c1-5-7-9-11-13-15-17-19-21-23-25-27-29-31-33-35-37-47-40-41-49(54-51(53)52-55-50-42-39-45(3)43-46(50)4)48(44-47)38-36-34-32-30-28-26-24-22-20-18-16-14-12-10-8-6-2/h39-44H,5-38H2,1-4H3,(H,52,53). The van der Waals surface area contributed by atoms with E-state index in [-0.39, 0.29) is 0 Å². The van der Waals surface area contributed by atoms with Gasteiger partial charge in [0.25, 0.3) is 0 Å². The number of ether oxygens (including phenoxy) is 1. The normalized spacial score (nSPS) is 11.3. The Balaban J connectivity index is 1.67. The minimum atomic E-state index is -0.399. The van der Waals surface area contributed by atoms with Crippen LogP contribution in [0.2, 0.25) is 0 Å². The van der Waals surface area contributed by atoms with Gasteiger partial charge in [0.1, 0.15) is 5.75 Å². The molecule has 0 unspecified atom stereocenters. The van der Waals surface area contributed by atoms with E-state index in [0.717, 1.165) is 35.5 Å². The summed E-state index contributed by atoms with van der Waals surface area (Å²) in [6, 6.07) is 12.8. The summed E-state index contributed by atoms with van der Waals surface area (Å²) >= 11 is 1.34. The zero-order valence-corrected chi connectivity index (χ0v) is 37.5. The Bertz CT molecular complexity index is 1200. The lowest BCUT2D eigenvalue weighted by Crippen LogP contribution is -2.21. The number of aryl methyl sites for hydroxylation is 4. The van der Waals surface area contributed by atoms with Crippen LogP contribution in [0, 0.1) is 13.8 Å². The largest absolute Gasteiger partial charge is 0.422 e. The lowest BCUT2D eigenvalue weighted by Gasteiger charge is -2.13. The molecular weight excluding hydrogens is 691 g/mol. The fourth-order valence-corrected chi connectivity index (χ4v) is 8.55. The Hall–Kier alpha value is -1.94. The molecule has 0 saturated carbocycles. The maximum Gasteiger partial charge on any atom is 0.422 e. The number of carbonyl (C=O) groups is 1. The fraction of sp³-hybridized carbons (Fsp3) is 0.745. The quantitative estimate of drug-likeness (QED) is 0.0548. The van der Waals surface area contributed by atoms with Gasteiger partial charge in [0, 0.05) is 4.90 Å². The molecule has 1 amide bonds. The van der Waals surface area contributed by atoms with Crippen LogP contribution in [0.25, 0.3) is 0 Å². The molecule has 0 bridgehead atoms. The molecule has 0 aliphatic heterocycles. The van der Waals surface area contributed by atoms with E-state index in [9.17, 15) is 4.79 Å². The Morgan fingerprint density at radius 3 is 1.31 bits per heavy atom. The number of carbonyl (C=O) groups excluding carboxylic acids is 1. The Kier molecular flexibility index (Phi) is 31.5. The van der Waals surface area contributed by atoms with Gasteiger partial charge in [0.05, 0.1) is 0 Å². The van der Waals surface area contributed by atoms with Gasteiger partial charge in [0.15, 0.2) is 0 Å². The highest BCUT2D eigenvalue weighted by atomic mass is 32.2. The number of amides is 1. The molecule has 2 aromatic rings. The van der Waals surface area contributed by atoms with Crippen LogP contribution in [0.5, 0.6) is 5.75 Å². The van der Waals surface area contributed by atoms with Crippen molar-refractivity contribution in [3.63, 3.8) is 0 Å². The van der Waals surface area contributed by atoms with Crippen molar-refractivity contribution in [3.05, 3.63) is 58.7 Å². The summed E-state index contributed by atoms with van der Waals surface area (Å²) in [6.45, 7) is 8.77. The van der Waals surface area contributed by atoms with Crippen molar-refractivity contribution in [2.24, 2.45) is 0 Å². The Morgan fingerprint density at radius 2 is 0.891 bits per heavy atom. The number of benzene rings is 2. The van der Waals surface area contributed by atoms with Crippen LogP contribution in [0.3, 0.4) is 0 Å². The highest BCUT2D eigenvalue weighted by molar-refractivity contribution is 7.98. The van der Waals surface area contributed by atoms with Crippen LogP contribution in [-0.2, 0) is 12.8 Å². The maximum absolute atomic E-state index is 12.9. The molecule has 0 radical (unpaired) electrons. The SMILES string of the molecule is CCCCCCCCCCCCCCCCCCc1ccc(OC(=O)NSc2ccc(C)cc2C)c(CCCCCCCCCCCCCCCCCC)c1. The van der Waals surface area contributed by atoms with E-state index in [2.05, 4.69) is 62.7 Å². The Labute approximate surface area is 346 Å². The topological polar surface area (TPSA) is 38.3 Å². The van der Waals surface area contributed by atoms with E-state index in [0.29, 0.717) is 0 Å². The second kappa shape index (κ2) is 35.2. The first-order valence-corrected chi connectivity index (χ1v) is 24.7. The third-order valence-electron chi connectivity index (χ3n) is 11.5. The third kappa shape index (κ3) is 27.4. The van der Waals surface area contributed by atoms with Gasteiger partial charge in [-0.2, -0.15) is 0 Å². The lowest BCUT2D eigenvalue weighted by molar-refractivity contribution is 0.207. The molecule has 2 aromatic carbocycles. The minimum absolute atomic E-state index is 0.399. The van der Waals surface area contributed by atoms with Gasteiger partial charge < -0.3 is 4.74 Å². The zero-order chi connectivity index (χ0) is 39.4. The van der Waals surface area contributed by atoms with Crippen molar-refractivity contribution in [1.29, 1.82) is 0 Å². The van der Waals surface area contributed by atoms with Crippen molar-refractivity contribution in [2.75, 3.05) is 0 Å². The van der Waals surface area contributed by atoms with Crippen LogP contribution < -0.4 is 9.46 Å². The number of unbranched alkanes of at least 4 members (excludes halogenated alkanes) is 30. The number of rotatable bonds is 37. The minimum Gasteiger partial charge on any atom is -0.409 e. The predicted octanol–water partition coefficient (Wildman–Crippen LogP) is 17.7. The van der Waals surface area contributed by atoms with Gasteiger partial charge in [-0.15, -0.1) is 0 Å². The average molecular weight is 778 g/mol. The second-order valence-electron chi connectivity index (χ2n) is 16.9. The molecule has 0 spiro atoms. The van der Waals surface area contributed by atoms with Crippen molar-refractivity contribution in [2.45, 2.75) is 251 Å². The smallest absolute Gasteiger partial charge is 0.409 e. The molecule has 0 aromatic heterocycles. The summed E-state index contributed by atoms with van der Waals surface area (Å²) in [4.78, 5) is 14.0. The molecule has 2 rings (SSSR count). The van der Waals surface area contributed by atoms with Crippen molar-refractivity contribution in [1.82, 2.24) is 4.72 Å². The Morgan fingerprint density at radius 1 is 0.491 bits per heavy atom. The van der Waals surface area contributed by atoms with Gasteiger partial charge >= 0.3 is 6.09 Å².